The average molecular weight is 293 g/mol. The lowest BCUT2D eigenvalue weighted by molar-refractivity contribution is -0.140. The lowest BCUT2D eigenvalue weighted by Crippen LogP contribution is -2.45. The molecular formula is C14H19N3O4. The Kier molecular flexibility index (Phi) is 5.71. The Morgan fingerprint density at radius 3 is 2.19 bits per heavy atom. The number of benzene rings is 1. The molecule has 0 aliphatic carbocycles. The zero-order valence-corrected chi connectivity index (χ0v) is 11.9. The Labute approximate surface area is 122 Å². The zero-order valence-electron chi connectivity index (χ0n) is 11.9. The Morgan fingerprint density at radius 2 is 1.76 bits per heavy atom. The monoisotopic (exact) mass is 293 g/mol. The van der Waals surface area contributed by atoms with Gasteiger partial charge in [0, 0.05) is 5.69 Å². The number of anilines is 1. The summed E-state index contributed by atoms with van der Waals surface area (Å²) in [5, 5.41) is 13.6. The molecule has 7 heteroatoms. The molecule has 0 radical (unpaired) electrons. The number of nitrogens with one attached hydrogen (secondary N) is 2. The van der Waals surface area contributed by atoms with E-state index in [0.29, 0.717) is 11.6 Å². The lowest BCUT2D eigenvalue weighted by Gasteiger charge is -2.14. The summed E-state index contributed by atoms with van der Waals surface area (Å²) in [6.45, 7) is 4.10. The molecule has 1 aromatic carbocycles. The number of hydrogen-bond acceptors (Lipinski definition) is 3. The van der Waals surface area contributed by atoms with Crippen molar-refractivity contribution < 1.29 is 19.5 Å². The summed E-state index contributed by atoms with van der Waals surface area (Å²) in [5.74, 6) is -1.75. The third kappa shape index (κ3) is 5.52. The van der Waals surface area contributed by atoms with Crippen LogP contribution in [0.3, 0.4) is 0 Å². The van der Waals surface area contributed by atoms with Crippen LogP contribution in [0.1, 0.15) is 31.7 Å². The van der Waals surface area contributed by atoms with Crippen LogP contribution >= 0.6 is 0 Å². The summed E-state index contributed by atoms with van der Waals surface area (Å²) >= 11 is 0. The first-order valence-electron chi connectivity index (χ1n) is 6.48. The Balaban J connectivity index is 2.63. The van der Waals surface area contributed by atoms with Crippen molar-refractivity contribution in [1.82, 2.24) is 5.32 Å². The van der Waals surface area contributed by atoms with Crippen LogP contribution in [0.25, 0.3) is 0 Å². The first-order chi connectivity index (χ1) is 9.79. The molecule has 21 heavy (non-hydrogen) atoms. The fraction of sp³-hybridized carbons (Fsp3) is 0.357. The molecule has 1 aromatic rings. The second-order valence-corrected chi connectivity index (χ2v) is 4.94. The predicted molar refractivity (Wildman–Crippen MR) is 77.9 cm³/mol. The largest absolute Gasteiger partial charge is 0.480 e. The van der Waals surface area contributed by atoms with Gasteiger partial charge < -0.3 is 21.5 Å². The highest BCUT2D eigenvalue weighted by Crippen LogP contribution is 2.17. The molecule has 0 aliphatic heterocycles. The number of rotatable bonds is 6. The second-order valence-electron chi connectivity index (χ2n) is 4.94. The van der Waals surface area contributed by atoms with E-state index >= 15 is 0 Å². The molecule has 1 unspecified atom stereocenters. The topological polar surface area (TPSA) is 122 Å². The van der Waals surface area contributed by atoms with Crippen LogP contribution in [0.15, 0.2) is 24.3 Å². The molecule has 0 aromatic heterocycles. The maximum absolute atomic E-state index is 11.7. The number of urea groups is 1. The second kappa shape index (κ2) is 7.28. The van der Waals surface area contributed by atoms with Gasteiger partial charge in [-0.2, -0.15) is 0 Å². The van der Waals surface area contributed by atoms with E-state index in [4.69, 9.17) is 10.8 Å². The highest BCUT2D eigenvalue weighted by molar-refractivity contribution is 5.93. The summed E-state index contributed by atoms with van der Waals surface area (Å²) in [5.41, 5.74) is 6.58. The molecule has 1 atom stereocenters. The number of nitrogens with two attached hydrogens (primary N) is 1. The molecule has 0 aliphatic rings. The van der Waals surface area contributed by atoms with E-state index in [-0.39, 0.29) is 0 Å². The first-order valence-corrected chi connectivity index (χ1v) is 6.48. The molecule has 1 rings (SSSR count). The van der Waals surface area contributed by atoms with Crippen molar-refractivity contribution in [3.05, 3.63) is 29.8 Å². The van der Waals surface area contributed by atoms with Gasteiger partial charge in [0.25, 0.3) is 0 Å². The van der Waals surface area contributed by atoms with E-state index in [2.05, 4.69) is 24.5 Å². The summed E-state index contributed by atoms with van der Waals surface area (Å²) < 4.78 is 0. The van der Waals surface area contributed by atoms with Gasteiger partial charge in [-0.3, -0.25) is 4.79 Å². The Hall–Kier alpha value is -2.57. The third-order valence-corrected chi connectivity index (χ3v) is 2.84. The molecule has 0 spiro atoms. The molecule has 7 nitrogen and oxygen atoms in total. The van der Waals surface area contributed by atoms with Gasteiger partial charge in [0.15, 0.2) is 0 Å². The van der Waals surface area contributed by atoms with E-state index in [1.165, 1.54) is 0 Å². The van der Waals surface area contributed by atoms with Crippen LogP contribution in [0.4, 0.5) is 10.5 Å². The molecule has 3 amide bonds. The van der Waals surface area contributed by atoms with E-state index in [1.54, 1.807) is 12.1 Å². The molecule has 0 heterocycles. The molecule has 0 saturated heterocycles. The van der Waals surface area contributed by atoms with Gasteiger partial charge in [-0.25, -0.2) is 9.59 Å². The van der Waals surface area contributed by atoms with E-state index in [9.17, 15) is 14.4 Å². The number of primary amides is 1. The van der Waals surface area contributed by atoms with Crippen molar-refractivity contribution in [2.24, 2.45) is 5.73 Å². The van der Waals surface area contributed by atoms with Crippen molar-refractivity contribution in [2.45, 2.75) is 32.2 Å². The zero-order chi connectivity index (χ0) is 16.0. The number of amides is 3. The highest BCUT2D eigenvalue weighted by Gasteiger charge is 2.22. The normalized spacial score (nSPS) is 11.8. The standard InChI is InChI=1S/C14H19N3O4/c1-8(2)9-3-5-10(6-4-9)16-14(21)17-11(13(19)20)7-12(15)18/h3-6,8,11H,7H2,1-2H3,(H2,15,18)(H,19,20)(H2,16,17,21). The quantitative estimate of drug-likeness (QED) is 0.630. The van der Waals surface area contributed by atoms with Crippen molar-refractivity contribution in [2.75, 3.05) is 5.32 Å². The van der Waals surface area contributed by atoms with Gasteiger partial charge in [0.1, 0.15) is 6.04 Å². The van der Waals surface area contributed by atoms with E-state index in [0.717, 1.165) is 5.56 Å². The Morgan fingerprint density at radius 1 is 1.19 bits per heavy atom. The predicted octanol–water partition coefficient (Wildman–Crippen LogP) is 1.26. The van der Waals surface area contributed by atoms with Gasteiger partial charge in [0.2, 0.25) is 5.91 Å². The van der Waals surface area contributed by atoms with Crippen LogP contribution in [0.2, 0.25) is 0 Å². The molecular weight excluding hydrogens is 274 g/mol. The minimum Gasteiger partial charge on any atom is -0.480 e. The first kappa shape index (κ1) is 16.5. The van der Waals surface area contributed by atoms with Crippen LogP contribution in [-0.4, -0.2) is 29.1 Å². The highest BCUT2D eigenvalue weighted by atomic mass is 16.4. The fourth-order valence-corrected chi connectivity index (χ4v) is 1.68. The van der Waals surface area contributed by atoms with Crippen LogP contribution in [-0.2, 0) is 9.59 Å². The fourth-order valence-electron chi connectivity index (χ4n) is 1.68. The molecule has 0 bridgehead atoms. The molecule has 114 valence electrons. The minimum atomic E-state index is -1.35. The Bertz CT molecular complexity index is 526. The number of aliphatic carboxylic acids is 1. The van der Waals surface area contributed by atoms with Crippen molar-refractivity contribution in [3.8, 4) is 0 Å². The van der Waals surface area contributed by atoms with Crippen molar-refractivity contribution in [3.63, 3.8) is 0 Å². The summed E-state index contributed by atoms with van der Waals surface area (Å²) in [6, 6.07) is 5.13. The van der Waals surface area contributed by atoms with Crippen molar-refractivity contribution >= 4 is 23.6 Å². The average Bonchev–Trinajstić information content (AvgIpc) is 2.37. The van der Waals surface area contributed by atoms with Gasteiger partial charge in [-0.05, 0) is 23.6 Å². The molecule has 0 fully saturated rings. The SMILES string of the molecule is CC(C)c1ccc(NC(=O)NC(CC(N)=O)C(=O)O)cc1. The maximum atomic E-state index is 11.7. The summed E-state index contributed by atoms with van der Waals surface area (Å²) in [7, 11) is 0. The number of carboxylic acids is 1. The number of carbonyl (C=O) groups is 3. The van der Waals surface area contributed by atoms with E-state index < -0.39 is 30.4 Å². The van der Waals surface area contributed by atoms with Gasteiger partial charge in [0.05, 0.1) is 6.42 Å². The van der Waals surface area contributed by atoms with Crippen LogP contribution < -0.4 is 16.4 Å². The summed E-state index contributed by atoms with van der Waals surface area (Å²) in [4.78, 5) is 33.3. The van der Waals surface area contributed by atoms with Crippen LogP contribution in [0.5, 0.6) is 0 Å². The van der Waals surface area contributed by atoms with Gasteiger partial charge >= 0.3 is 12.0 Å². The molecule has 5 N–H and O–H groups in total. The number of carboxylic acid groups (broad SMARTS) is 1. The number of carbonyl (C=O) groups excluding carboxylic acids is 2. The number of hydrogen-bond donors (Lipinski definition) is 4. The van der Waals surface area contributed by atoms with Crippen LogP contribution in [0, 0.1) is 0 Å². The third-order valence-electron chi connectivity index (χ3n) is 2.84. The molecule has 0 saturated carbocycles. The maximum Gasteiger partial charge on any atom is 0.326 e. The van der Waals surface area contributed by atoms with Gasteiger partial charge in [-0.15, -0.1) is 0 Å². The van der Waals surface area contributed by atoms with E-state index in [1.807, 2.05) is 12.1 Å². The van der Waals surface area contributed by atoms with Gasteiger partial charge in [-0.1, -0.05) is 26.0 Å². The summed E-state index contributed by atoms with van der Waals surface area (Å²) in [6.07, 6.45) is -0.463. The minimum absolute atomic E-state index is 0.375. The lowest BCUT2D eigenvalue weighted by atomic mass is 10.0. The van der Waals surface area contributed by atoms with Crippen molar-refractivity contribution in [1.29, 1.82) is 0 Å². The smallest absolute Gasteiger partial charge is 0.326 e.